The summed E-state index contributed by atoms with van der Waals surface area (Å²) in [6.45, 7) is 11.7. The number of anilines is 4. The third-order valence-electron chi connectivity index (χ3n) is 18.2. The molecule has 0 radical (unpaired) electrons. The highest BCUT2D eigenvalue weighted by molar-refractivity contribution is 7.90. The third-order valence-corrected chi connectivity index (χ3v) is 19.6. The molecule has 6 aliphatic rings. The maximum atomic E-state index is 14.9. The van der Waals surface area contributed by atoms with Crippen LogP contribution in [-0.2, 0) is 21.3 Å². The highest BCUT2D eigenvalue weighted by Gasteiger charge is 2.51. The maximum absolute atomic E-state index is 14.9. The summed E-state index contributed by atoms with van der Waals surface area (Å²) in [7, 11) is -1.50. The Morgan fingerprint density at radius 1 is 0.940 bits per heavy atom. The van der Waals surface area contributed by atoms with Gasteiger partial charge in [0.25, 0.3) is 27.5 Å². The lowest BCUT2D eigenvalue weighted by Gasteiger charge is -2.58. The fourth-order valence-corrected chi connectivity index (χ4v) is 14.6. The van der Waals surface area contributed by atoms with Gasteiger partial charge < -0.3 is 48.9 Å². The lowest BCUT2D eigenvalue weighted by molar-refractivity contribution is -0.384. The number of para-hydroxylation sites is 1. The first-order valence-corrected chi connectivity index (χ1v) is 30.8. The second-order valence-corrected chi connectivity index (χ2v) is 25.9. The number of piperidine rings is 1. The number of nitrogens with one attached hydrogen (secondary N) is 3. The molecule has 4 aliphatic heterocycles. The van der Waals surface area contributed by atoms with Gasteiger partial charge >= 0.3 is 0 Å². The molecule has 3 saturated heterocycles. The molecule has 23 heteroatoms. The lowest BCUT2D eigenvalue weighted by Crippen LogP contribution is -2.59. The summed E-state index contributed by atoms with van der Waals surface area (Å²) >= 11 is 0. The van der Waals surface area contributed by atoms with Crippen molar-refractivity contribution < 1.29 is 46.9 Å². The Kier molecular flexibility index (Phi) is 15.8. The van der Waals surface area contributed by atoms with Gasteiger partial charge in [-0.15, -0.1) is 0 Å². The quantitative estimate of drug-likeness (QED) is 0.0493. The number of aliphatic hydroxyl groups is 1. The van der Waals surface area contributed by atoms with Crippen molar-refractivity contribution in [3.05, 3.63) is 112 Å². The van der Waals surface area contributed by atoms with Gasteiger partial charge in [-0.3, -0.25) is 24.7 Å². The number of aromatic amines is 1. The van der Waals surface area contributed by atoms with Crippen LogP contribution in [0, 0.1) is 21.4 Å². The van der Waals surface area contributed by atoms with Gasteiger partial charge in [-0.05, 0) is 138 Å². The van der Waals surface area contributed by atoms with Crippen LogP contribution in [0.5, 0.6) is 23.3 Å². The standard InChI is InChI=1S/C61H75N11O11S/c1-38(2)82-52-9-7-6-8-44(52)51-35-68(36-55-64-34-53(79-4)59(65-55)80-5)25-26-70(51)42-31-61(32-42)20-23-69(24-21-61)41-10-12-45(48(29-41)71-47-17-27-81-37-54(47)83-58-50(71)28-40-16-22-62-56(40)66-58)57(73)67-84(77,78)43-11-13-46(49(30-43)72(75)76)63-33-39-14-18-60(3,74)19-15-39/h6-13,16,22,28-30,34,38-39,42,47,51,54,63,74H,14-15,17-21,23-27,31-33,35-37H2,1-5H3,(H,62,66)(H,67,73)/t39-,47-,51+,54-,60-/m0/s1. The van der Waals surface area contributed by atoms with Gasteiger partial charge in [0.1, 0.15) is 34.7 Å². The van der Waals surface area contributed by atoms with Crippen molar-refractivity contribution in [2.75, 3.05) is 81.8 Å². The molecule has 7 heterocycles. The summed E-state index contributed by atoms with van der Waals surface area (Å²) in [6.07, 6.45) is 10.4. The molecule has 2 saturated carbocycles. The van der Waals surface area contributed by atoms with Gasteiger partial charge in [-0.1, -0.05) is 18.2 Å². The Bertz CT molecular complexity index is 3520. The molecule has 3 atom stereocenters. The number of carbonyl (C=O) groups is 1. The van der Waals surface area contributed by atoms with E-state index in [1.165, 1.54) is 17.7 Å². The van der Waals surface area contributed by atoms with Crippen molar-refractivity contribution in [3.63, 3.8) is 0 Å². The summed E-state index contributed by atoms with van der Waals surface area (Å²) in [6, 6.07) is 21.6. The van der Waals surface area contributed by atoms with Gasteiger partial charge in [-0.2, -0.15) is 9.97 Å². The van der Waals surface area contributed by atoms with E-state index in [0.717, 1.165) is 94.1 Å². The van der Waals surface area contributed by atoms with Crippen LogP contribution in [0.2, 0.25) is 0 Å². The molecular formula is C61H75N11O11S. The summed E-state index contributed by atoms with van der Waals surface area (Å²) < 4.78 is 60.8. The van der Waals surface area contributed by atoms with Crippen LogP contribution in [0.15, 0.2) is 90.1 Å². The number of nitro groups is 1. The molecule has 84 heavy (non-hydrogen) atoms. The highest BCUT2D eigenvalue weighted by Crippen LogP contribution is 2.54. The van der Waals surface area contributed by atoms with Gasteiger partial charge in [0.2, 0.25) is 5.88 Å². The molecule has 4 N–H and O–H groups in total. The van der Waals surface area contributed by atoms with E-state index in [4.69, 9.17) is 28.7 Å². The van der Waals surface area contributed by atoms with Gasteiger partial charge in [0.05, 0.1) is 78.4 Å². The van der Waals surface area contributed by atoms with Crippen LogP contribution in [0.3, 0.4) is 0 Å². The van der Waals surface area contributed by atoms with Crippen LogP contribution < -0.4 is 38.8 Å². The number of pyridine rings is 1. The van der Waals surface area contributed by atoms with Crippen molar-refractivity contribution in [1.29, 1.82) is 0 Å². The first-order valence-electron chi connectivity index (χ1n) is 29.4. The Labute approximate surface area is 489 Å². The molecule has 5 fully saturated rings. The number of piperazine rings is 1. The second-order valence-electron chi connectivity index (χ2n) is 24.2. The van der Waals surface area contributed by atoms with E-state index < -0.39 is 43.1 Å². The molecule has 1 spiro atoms. The fourth-order valence-electron chi connectivity index (χ4n) is 13.6. The van der Waals surface area contributed by atoms with E-state index in [9.17, 15) is 28.4 Å². The summed E-state index contributed by atoms with van der Waals surface area (Å²) in [4.78, 5) is 53.1. The Morgan fingerprint density at radius 3 is 2.50 bits per heavy atom. The number of fused-ring (bicyclic) bond motifs is 3. The van der Waals surface area contributed by atoms with Crippen molar-refractivity contribution in [2.24, 2.45) is 11.3 Å². The van der Waals surface area contributed by atoms with Crippen LogP contribution >= 0.6 is 0 Å². The predicted octanol–water partition coefficient (Wildman–Crippen LogP) is 8.53. The van der Waals surface area contributed by atoms with Gasteiger partial charge in [-0.25, -0.2) is 18.1 Å². The summed E-state index contributed by atoms with van der Waals surface area (Å²) in [5, 5.41) is 26.9. The normalized spacial score (nSPS) is 23.8. The van der Waals surface area contributed by atoms with E-state index >= 15 is 0 Å². The molecule has 3 aromatic carbocycles. The van der Waals surface area contributed by atoms with E-state index in [-0.39, 0.29) is 47.4 Å². The average Bonchev–Trinajstić information content (AvgIpc) is 1.20. The van der Waals surface area contributed by atoms with Crippen LogP contribution in [0.1, 0.15) is 106 Å². The monoisotopic (exact) mass is 1170 g/mol. The zero-order valence-corrected chi connectivity index (χ0v) is 49.1. The Hall–Kier alpha value is -7.31. The van der Waals surface area contributed by atoms with Crippen molar-refractivity contribution in [1.82, 2.24) is 34.5 Å². The first-order chi connectivity index (χ1) is 40.5. The minimum Gasteiger partial charge on any atom is -0.491 e. The smallest absolute Gasteiger partial charge is 0.293 e. The Balaban J connectivity index is 0.796. The van der Waals surface area contributed by atoms with Gasteiger partial charge in [0, 0.05) is 80.8 Å². The molecule has 1 amide bonds. The molecule has 0 bridgehead atoms. The Morgan fingerprint density at radius 2 is 1.74 bits per heavy atom. The number of nitro benzene ring substituents is 1. The number of aromatic nitrogens is 4. The average molecular weight is 1170 g/mol. The number of rotatable bonds is 17. The number of carbonyl (C=O) groups excluding carboxylic acids is 1. The molecule has 3 aromatic heterocycles. The predicted molar refractivity (Wildman–Crippen MR) is 316 cm³/mol. The molecule has 446 valence electrons. The topological polar surface area (TPSA) is 252 Å². The van der Waals surface area contributed by atoms with E-state index in [1.54, 1.807) is 32.7 Å². The number of H-pyrrole nitrogens is 1. The first kappa shape index (κ1) is 57.1. The number of methoxy groups -OCH3 is 2. The summed E-state index contributed by atoms with van der Waals surface area (Å²) in [5.74, 6) is 2.10. The molecule has 22 nitrogen and oxygen atoms in total. The largest absolute Gasteiger partial charge is 0.491 e. The number of nitrogens with zero attached hydrogens (tertiary/aromatic N) is 8. The highest BCUT2D eigenvalue weighted by atomic mass is 32.2. The van der Waals surface area contributed by atoms with E-state index in [1.807, 2.05) is 37.3 Å². The fraction of sp³-hybridized carbons (Fsp3) is 0.508. The second kappa shape index (κ2) is 23.3. The number of benzene rings is 3. The number of hydrogen-bond donors (Lipinski definition) is 4. The van der Waals surface area contributed by atoms with Gasteiger partial charge in [0.15, 0.2) is 5.75 Å². The van der Waals surface area contributed by atoms with Crippen LogP contribution in [0.25, 0.3) is 11.0 Å². The zero-order valence-electron chi connectivity index (χ0n) is 48.3. The van der Waals surface area contributed by atoms with Crippen molar-refractivity contribution >= 4 is 55.4 Å². The van der Waals surface area contributed by atoms with Crippen LogP contribution in [0.4, 0.5) is 28.4 Å². The van der Waals surface area contributed by atoms with E-state index in [2.05, 4.69) is 76.6 Å². The van der Waals surface area contributed by atoms with Crippen LogP contribution in [-0.4, -0.2) is 151 Å². The summed E-state index contributed by atoms with van der Waals surface area (Å²) in [5.41, 5.74) is 3.03. The molecule has 6 aromatic rings. The molecule has 0 unspecified atom stereocenters. The maximum Gasteiger partial charge on any atom is 0.293 e. The number of amides is 1. The van der Waals surface area contributed by atoms with E-state index in [0.29, 0.717) is 85.4 Å². The molecule has 12 rings (SSSR count). The SMILES string of the molecule is COc1cnc(CN2CCN(C3CC4(CCN(c5ccc(C(=O)NS(=O)(=O)c6ccc(NC[C@H]7CC[C@](C)(O)CC7)c([N+](=O)[O-])c6)c(N6c7cc8cc[nH]c8nc7O[C@H]7COCC[C@@H]76)c5)CC4)C3)[C@@H](c3ccccc3OC(C)C)C2)nc1OC. The van der Waals surface area contributed by atoms with Crippen molar-refractivity contribution in [3.8, 4) is 23.3 Å². The molecule has 2 aliphatic carbocycles. The number of hydrogen-bond acceptors (Lipinski definition) is 19. The third kappa shape index (κ3) is 11.6. The molecular weight excluding hydrogens is 1090 g/mol. The minimum absolute atomic E-state index is 0.0111. The number of sulfonamides is 1. The van der Waals surface area contributed by atoms with Crippen molar-refractivity contribution in [2.45, 2.75) is 126 Å². The number of ether oxygens (including phenoxy) is 5. The minimum atomic E-state index is -4.66. The zero-order chi connectivity index (χ0) is 58.5. The lowest BCUT2D eigenvalue weighted by atomic mass is 9.59.